The summed E-state index contributed by atoms with van der Waals surface area (Å²) in [5, 5.41) is 11.5. The molecule has 0 saturated carbocycles. The van der Waals surface area contributed by atoms with Gasteiger partial charge >= 0.3 is 6.09 Å². The molecule has 16 heavy (non-hydrogen) atoms. The van der Waals surface area contributed by atoms with Crippen molar-refractivity contribution in [3.63, 3.8) is 0 Å². The summed E-state index contributed by atoms with van der Waals surface area (Å²) in [4.78, 5) is 25.1. The number of carbonyl (C=O) groups excluding carboxylic acids is 1. The third kappa shape index (κ3) is 2.01. The van der Waals surface area contributed by atoms with Crippen molar-refractivity contribution in [3.8, 4) is 0 Å². The highest BCUT2D eigenvalue weighted by molar-refractivity contribution is 5.87. The van der Waals surface area contributed by atoms with Gasteiger partial charge in [-0.15, -0.1) is 0 Å². The first kappa shape index (κ1) is 10.9. The van der Waals surface area contributed by atoms with E-state index in [2.05, 4.69) is 16.8 Å². The third-order valence-corrected chi connectivity index (χ3v) is 3.09. The van der Waals surface area contributed by atoms with Gasteiger partial charge in [-0.25, -0.2) is 4.79 Å². The Kier molecular flexibility index (Phi) is 2.82. The molecule has 0 radical (unpaired) electrons. The quantitative estimate of drug-likeness (QED) is 0.625. The van der Waals surface area contributed by atoms with Crippen LogP contribution in [0.2, 0.25) is 0 Å². The zero-order chi connectivity index (χ0) is 11.7. The summed E-state index contributed by atoms with van der Waals surface area (Å²) in [6.45, 7) is 6.15. The van der Waals surface area contributed by atoms with Gasteiger partial charge in [-0.2, -0.15) is 0 Å². The molecule has 2 N–H and O–H groups in total. The van der Waals surface area contributed by atoms with Crippen molar-refractivity contribution < 1.29 is 14.7 Å². The largest absolute Gasteiger partial charge is 0.465 e. The van der Waals surface area contributed by atoms with Gasteiger partial charge in [0, 0.05) is 32.2 Å². The van der Waals surface area contributed by atoms with E-state index in [1.54, 1.807) is 0 Å². The lowest BCUT2D eigenvalue weighted by Crippen LogP contribution is -2.70. The van der Waals surface area contributed by atoms with Gasteiger partial charge in [0.15, 0.2) is 0 Å². The van der Waals surface area contributed by atoms with Crippen LogP contribution in [0.25, 0.3) is 0 Å². The second-order valence-corrected chi connectivity index (χ2v) is 4.20. The van der Waals surface area contributed by atoms with E-state index in [0.29, 0.717) is 19.1 Å². The molecule has 2 aliphatic rings. The van der Waals surface area contributed by atoms with Crippen LogP contribution in [0.4, 0.5) is 4.79 Å². The molecule has 0 unspecified atom stereocenters. The molecule has 2 heterocycles. The Balaban J connectivity index is 1.65. The Morgan fingerprint density at radius 1 is 1.31 bits per heavy atom. The van der Waals surface area contributed by atoms with Crippen LogP contribution >= 0.6 is 0 Å². The van der Waals surface area contributed by atoms with Gasteiger partial charge in [-0.05, 0) is 6.08 Å². The zero-order valence-corrected chi connectivity index (χ0v) is 8.93. The number of carbonyl (C=O) groups is 2. The molecule has 0 bridgehead atoms. The van der Waals surface area contributed by atoms with E-state index in [-0.39, 0.29) is 11.9 Å². The highest BCUT2D eigenvalue weighted by atomic mass is 16.4. The first-order valence-corrected chi connectivity index (χ1v) is 5.25. The summed E-state index contributed by atoms with van der Waals surface area (Å²) < 4.78 is 0. The highest BCUT2D eigenvalue weighted by Crippen LogP contribution is 2.20. The molecule has 0 atom stereocenters. The van der Waals surface area contributed by atoms with Gasteiger partial charge in [-0.3, -0.25) is 9.69 Å². The molecule has 2 amide bonds. The monoisotopic (exact) mass is 225 g/mol. The van der Waals surface area contributed by atoms with Gasteiger partial charge in [0.05, 0.1) is 6.04 Å². The van der Waals surface area contributed by atoms with E-state index in [1.165, 1.54) is 11.0 Å². The molecular weight excluding hydrogens is 210 g/mol. The van der Waals surface area contributed by atoms with Crippen LogP contribution in [-0.2, 0) is 4.79 Å². The number of carboxylic acid groups (broad SMARTS) is 1. The van der Waals surface area contributed by atoms with Crippen LogP contribution in [0, 0.1) is 0 Å². The Morgan fingerprint density at radius 3 is 2.44 bits per heavy atom. The fourth-order valence-corrected chi connectivity index (χ4v) is 2.00. The standard InChI is InChI=1S/C10H15N3O3/c1-2-9(14)11-7-3-12(4-7)8-5-13(6-8)10(15)16/h2,7-8H,1,3-6H2,(H,11,14)(H,15,16). The van der Waals surface area contributed by atoms with Crippen LogP contribution < -0.4 is 5.32 Å². The zero-order valence-electron chi connectivity index (χ0n) is 8.93. The molecule has 88 valence electrons. The first-order chi connectivity index (χ1) is 7.60. The van der Waals surface area contributed by atoms with E-state index in [0.717, 1.165) is 13.1 Å². The average Bonchev–Trinajstić information content (AvgIpc) is 2.10. The minimum Gasteiger partial charge on any atom is -0.465 e. The molecule has 6 heteroatoms. The van der Waals surface area contributed by atoms with Crippen molar-refractivity contribution in [1.29, 1.82) is 0 Å². The van der Waals surface area contributed by atoms with E-state index < -0.39 is 6.09 Å². The molecule has 6 nitrogen and oxygen atoms in total. The molecule has 0 aliphatic carbocycles. The normalized spacial score (nSPS) is 22.1. The lowest BCUT2D eigenvalue weighted by molar-refractivity contribution is -0.119. The Morgan fingerprint density at radius 2 is 1.94 bits per heavy atom. The number of nitrogens with one attached hydrogen (secondary N) is 1. The second kappa shape index (κ2) is 4.13. The van der Waals surface area contributed by atoms with Crippen molar-refractivity contribution in [3.05, 3.63) is 12.7 Å². The smallest absolute Gasteiger partial charge is 0.407 e. The van der Waals surface area contributed by atoms with Gasteiger partial charge in [0.1, 0.15) is 0 Å². The molecule has 0 aromatic rings. The lowest BCUT2D eigenvalue weighted by Gasteiger charge is -2.50. The number of hydrogen-bond acceptors (Lipinski definition) is 3. The summed E-state index contributed by atoms with van der Waals surface area (Å²) >= 11 is 0. The predicted octanol–water partition coefficient (Wildman–Crippen LogP) is -0.665. The maximum atomic E-state index is 11.0. The van der Waals surface area contributed by atoms with Crippen molar-refractivity contribution in [1.82, 2.24) is 15.1 Å². The summed E-state index contributed by atoms with van der Waals surface area (Å²) in [7, 11) is 0. The molecule has 0 aromatic heterocycles. The first-order valence-electron chi connectivity index (χ1n) is 5.25. The van der Waals surface area contributed by atoms with Crippen LogP contribution in [0.3, 0.4) is 0 Å². The van der Waals surface area contributed by atoms with Crippen molar-refractivity contribution in [2.75, 3.05) is 26.2 Å². The van der Waals surface area contributed by atoms with E-state index in [4.69, 9.17) is 5.11 Å². The van der Waals surface area contributed by atoms with Crippen LogP contribution in [0.5, 0.6) is 0 Å². The van der Waals surface area contributed by atoms with Crippen molar-refractivity contribution in [2.24, 2.45) is 0 Å². The average molecular weight is 225 g/mol. The Hall–Kier alpha value is -1.56. The van der Waals surface area contributed by atoms with Gasteiger partial charge in [0.2, 0.25) is 5.91 Å². The maximum absolute atomic E-state index is 11.0. The molecule has 2 saturated heterocycles. The predicted molar refractivity (Wildman–Crippen MR) is 57.1 cm³/mol. The number of nitrogens with zero attached hydrogens (tertiary/aromatic N) is 2. The van der Waals surface area contributed by atoms with Crippen LogP contribution in [-0.4, -0.2) is 65.2 Å². The van der Waals surface area contributed by atoms with E-state index in [1.807, 2.05) is 0 Å². The van der Waals surface area contributed by atoms with E-state index in [9.17, 15) is 9.59 Å². The number of amides is 2. The second-order valence-electron chi connectivity index (χ2n) is 4.20. The fraction of sp³-hybridized carbons (Fsp3) is 0.600. The summed E-state index contributed by atoms with van der Waals surface area (Å²) in [5.74, 6) is -0.148. The highest BCUT2D eigenvalue weighted by Gasteiger charge is 2.40. The summed E-state index contributed by atoms with van der Waals surface area (Å²) in [5.41, 5.74) is 0. The maximum Gasteiger partial charge on any atom is 0.407 e. The van der Waals surface area contributed by atoms with Gasteiger partial charge in [-0.1, -0.05) is 6.58 Å². The molecule has 0 spiro atoms. The Labute approximate surface area is 93.5 Å². The summed E-state index contributed by atoms with van der Waals surface area (Å²) in [6.07, 6.45) is 0.409. The van der Waals surface area contributed by atoms with Gasteiger partial charge < -0.3 is 15.3 Å². The topological polar surface area (TPSA) is 72.9 Å². The van der Waals surface area contributed by atoms with Crippen molar-refractivity contribution >= 4 is 12.0 Å². The number of likely N-dealkylation sites (tertiary alicyclic amines) is 2. The molecule has 2 aliphatic heterocycles. The molecule has 2 rings (SSSR count). The Bertz CT molecular complexity index is 319. The SMILES string of the molecule is C=CC(=O)NC1CN(C2CN(C(=O)O)C2)C1. The number of rotatable bonds is 3. The fourth-order valence-electron chi connectivity index (χ4n) is 2.00. The summed E-state index contributed by atoms with van der Waals surface area (Å²) in [6, 6.07) is 0.511. The minimum absolute atomic E-state index is 0.148. The van der Waals surface area contributed by atoms with Crippen LogP contribution in [0.1, 0.15) is 0 Å². The molecule has 2 fully saturated rings. The third-order valence-electron chi connectivity index (χ3n) is 3.09. The van der Waals surface area contributed by atoms with Gasteiger partial charge in [0.25, 0.3) is 0 Å². The number of hydrogen-bond donors (Lipinski definition) is 2. The lowest BCUT2D eigenvalue weighted by atomic mass is 10.0. The van der Waals surface area contributed by atoms with Crippen LogP contribution in [0.15, 0.2) is 12.7 Å². The van der Waals surface area contributed by atoms with E-state index >= 15 is 0 Å². The molecular formula is C10H15N3O3. The minimum atomic E-state index is -0.853. The molecule has 0 aromatic carbocycles. The van der Waals surface area contributed by atoms with Crippen molar-refractivity contribution in [2.45, 2.75) is 12.1 Å².